The van der Waals surface area contributed by atoms with E-state index in [0.29, 0.717) is 6.04 Å². The van der Waals surface area contributed by atoms with Crippen molar-refractivity contribution in [2.24, 2.45) is 0 Å². The van der Waals surface area contributed by atoms with Gasteiger partial charge in [0.2, 0.25) is 0 Å². The number of likely N-dealkylation sites (N-methyl/N-ethyl adjacent to an activating group) is 1. The summed E-state index contributed by atoms with van der Waals surface area (Å²) in [7, 11) is 2.17. The Balaban J connectivity index is 2.18. The predicted molar refractivity (Wildman–Crippen MR) is 67.1 cm³/mol. The summed E-state index contributed by atoms with van der Waals surface area (Å²) in [5.74, 6) is 2.76. The molecule has 2 nitrogen and oxygen atoms in total. The lowest BCUT2D eigenvalue weighted by Crippen LogP contribution is -2.46. The van der Waals surface area contributed by atoms with Gasteiger partial charge in [0, 0.05) is 25.7 Å². The minimum absolute atomic E-state index is 0.441. The lowest BCUT2D eigenvalue weighted by molar-refractivity contribution is 0.103. The molecule has 2 heteroatoms. The van der Waals surface area contributed by atoms with Crippen LogP contribution in [0.15, 0.2) is 30.3 Å². The van der Waals surface area contributed by atoms with Crippen LogP contribution in [0.25, 0.3) is 0 Å². The third-order valence-electron chi connectivity index (χ3n) is 3.17. The zero-order valence-corrected chi connectivity index (χ0v) is 9.76. The van der Waals surface area contributed by atoms with Crippen molar-refractivity contribution in [1.82, 2.24) is 9.80 Å². The van der Waals surface area contributed by atoms with Gasteiger partial charge in [-0.1, -0.05) is 36.3 Å². The Morgan fingerprint density at radius 3 is 2.75 bits per heavy atom. The van der Waals surface area contributed by atoms with Gasteiger partial charge in [-0.15, -0.1) is 6.42 Å². The Bertz CT molecular complexity index is 366. The molecule has 1 heterocycles. The zero-order chi connectivity index (χ0) is 11.4. The first kappa shape index (κ1) is 11.2. The first-order chi connectivity index (χ1) is 7.81. The molecule has 0 spiro atoms. The molecule has 1 aliphatic heterocycles. The molecule has 0 aromatic heterocycles. The number of piperazine rings is 1. The molecule has 1 fully saturated rings. The molecular formula is C14H18N2. The second kappa shape index (κ2) is 5.16. The molecule has 1 aromatic rings. The van der Waals surface area contributed by atoms with Gasteiger partial charge in [-0.05, 0) is 12.6 Å². The van der Waals surface area contributed by atoms with Crippen LogP contribution < -0.4 is 0 Å². The van der Waals surface area contributed by atoms with Crippen molar-refractivity contribution in [1.29, 1.82) is 0 Å². The van der Waals surface area contributed by atoms with Crippen LogP contribution in [0.5, 0.6) is 0 Å². The topological polar surface area (TPSA) is 6.48 Å². The van der Waals surface area contributed by atoms with Gasteiger partial charge in [-0.25, -0.2) is 0 Å². The van der Waals surface area contributed by atoms with Gasteiger partial charge < -0.3 is 4.90 Å². The van der Waals surface area contributed by atoms with Gasteiger partial charge in [0.15, 0.2) is 0 Å². The number of terminal acetylenes is 1. The van der Waals surface area contributed by atoms with Gasteiger partial charge in [-0.3, -0.25) is 4.90 Å². The molecule has 1 aromatic carbocycles. The van der Waals surface area contributed by atoms with E-state index < -0.39 is 0 Å². The summed E-state index contributed by atoms with van der Waals surface area (Å²) < 4.78 is 0. The Morgan fingerprint density at radius 2 is 2.06 bits per heavy atom. The highest BCUT2D eigenvalue weighted by Crippen LogP contribution is 2.23. The zero-order valence-electron chi connectivity index (χ0n) is 9.76. The number of benzene rings is 1. The maximum atomic E-state index is 5.43. The van der Waals surface area contributed by atoms with E-state index in [-0.39, 0.29) is 0 Å². The predicted octanol–water partition coefficient (Wildman–Crippen LogP) is 1.61. The first-order valence-electron chi connectivity index (χ1n) is 5.72. The summed E-state index contributed by atoms with van der Waals surface area (Å²) in [4.78, 5) is 4.75. The summed E-state index contributed by atoms with van der Waals surface area (Å²) >= 11 is 0. The van der Waals surface area contributed by atoms with Crippen molar-refractivity contribution in [2.45, 2.75) is 6.04 Å². The van der Waals surface area contributed by atoms with Gasteiger partial charge in [0.1, 0.15) is 0 Å². The molecule has 2 rings (SSSR count). The largest absolute Gasteiger partial charge is 0.303 e. The SMILES string of the molecule is C#CCN1CCN(C)CC1c1ccccc1. The fraction of sp³-hybridized carbons (Fsp3) is 0.429. The van der Waals surface area contributed by atoms with Crippen LogP contribution in [0.4, 0.5) is 0 Å². The Hall–Kier alpha value is -1.30. The van der Waals surface area contributed by atoms with Crippen LogP contribution in [0, 0.1) is 12.3 Å². The van der Waals surface area contributed by atoms with Crippen molar-refractivity contribution in [3.63, 3.8) is 0 Å². The smallest absolute Gasteiger partial charge is 0.0605 e. The number of hydrogen-bond acceptors (Lipinski definition) is 2. The van der Waals surface area contributed by atoms with E-state index >= 15 is 0 Å². The average molecular weight is 214 g/mol. The van der Waals surface area contributed by atoms with E-state index in [1.54, 1.807) is 0 Å². The van der Waals surface area contributed by atoms with Gasteiger partial charge in [0.05, 0.1) is 6.54 Å². The van der Waals surface area contributed by atoms with Gasteiger partial charge in [-0.2, -0.15) is 0 Å². The highest BCUT2D eigenvalue weighted by molar-refractivity contribution is 5.20. The highest BCUT2D eigenvalue weighted by atomic mass is 15.3. The van der Waals surface area contributed by atoms with Gasteiger partial charge >= 0.3 is 0 Å². The minimum atomic E-state index is 0.441. The van der Waals surface area contributed by atoms with E-state index in [9.17, 15) is 0 Å². The van der Waals surface area contributed by atoms with Crippen LogP contribution in [-0.2, 0) is 0 Å². The molecule has 84 valence electrons. The Morgan fingerprint density at radius 1 is 1.31 bits per heavy atom. The standard InChI is InChI=1S/C14H18N2/c1-3-9-16-11-10-15(2)12-14(16)13-7-5-4-6-8-13/h1,4-8,14H,9-12H2,2H3. The Kier molecular flexibility index (Phi) is 3.61. The number of nitrogens with zero attached hydrogens (tertiary/aromatic N) is 2. The third-order valence-corrected chi connectivity index (χ3v) is 3.17. The first-order valence-corrected chi connectivity index (χ1v) is 5.72. The summed E-state index contributed by atoms with van der Waals surface area (Å²) in [6, 6.07) is 11.1. The Labute approximate surface area is 97.9 Å². The van der Waals surface area contributed by atoms with Crippen LogP contribution in [0.3, 0.4) is 0 Å². The lowest BCUT2D eigenvalue weighted by Gasteiger charge is -2.39. The summed E-state index contributed by atoms with van der Waals surface area (Å²) in [6.07, 6.45) is 5.43. The normalized spacial score (nSPS) is 22.9. The molecule has 0 saturated carbocycles. The fourth-order valence-electron chi connectivity index (χ4n) is 2.25. The van der Waals surface area contributed by atoms with E-state index in [0.717, 1.165) is 26.2 Å². The number of rotatable bonds is 2. The monoisotopic (exact) mass is 214 g/mol. The van der Waals surface area contributed by atoms with Crippen LogP contribution in [-0.4, -0.2) is 43.0 Å². The summed E-state index contributed by atoms with van der Waals surface area (Å²) in [5, 5.41) is 0. The average Bonchev–Trinajstić information content (AvgIpc) is 2.33. The van der Waals surface area contributed by atoms with Crippen molar-refractivity contribution in [3.8, 4) is 12.3 Å². The molecule has 1 unspecified atom stereocenters. The molecule has 1 aliphatic rings. The van der Waals surface area contributed by atoms with Crippen molar-refractivity contribution < 1.29 is 0 Å². The van der Waals surface area contributed by atoms with Crippen LogP contribution in [0.2, 0.25) is 0 Å². The highest BCUT2D eigenvalue weighted by Gasteiger charge is 2.25. The molecule has 0 bridgehead atoms. The molecule has 0 N–H and O–H groups in total. The van der Waals surface area contributed by atoms with E-state index in [1.165, 1.54) is 5.56 Å². The van der Waals surface area contributed by atoms with Crippen molar-refractivity contribution in [3.05, 3.63) is 35.9 Å². The lowest BCUT2D eigenvalue weighted by atomic mass is 10.0. The third kappa shape index (κ3) is 2.44. The molecule has 1 atom stereocenters. The molecule has 1 saturated heterocycles. The maximum absolute atomic E-state index is 5.43. The molecule has 0 radical (unpaired) electrons. The molecule has 16 heavy (non-hydrogen) atoms. The second-order valence-corrected chi connectivity index (χ2v) is 4.36. The molecular weight excluding hydrogens is 196 g/mol. The fourth-order valence-corrected chi connectivity index (χ4v) is 2.25. The molecule has 0 aliphatic carbocycles. The van der Waals surface area contributed by atoms with Gasteiger partial charge in [0.25, 0.3) is 0 Å². The number of hydrogen-bond donors (Lipinski definition) is 0. The van der Waals surface area contributed by atoms with Crippen molar-refractivity contribution >= 4 is 0 Å². The summed E-state index contributed by atoms with van der Waals surface area (Å²) in [6.45, 7) is 3.96. The minimum Gasteiger partial charge on any atom is -0.303 e. The maximum Gasteiger partial charge on any atom is 0.0605 e. The van der Waals surface area contributed by atoms with E-state index in [4.69, 9.17) is 6.42 Å². The van der Waals surface area contributed by atoms with Crippen LogP contribution in [0.1, 0.15) is 11.6 Å². The summed E-state index contributed by atoms with van der Waals surface area (Å²) in [5.41, 5.74) is 1.37. The van der Waals surface area contributed by atoms with E-state index in [2.05, 4.69) is 53.1 Å². The van der Waals surface area contributed by atoms with Crippen LogP contribution >= 0.6 is 0 Å². The van der Waals surface area contributed by atoms with E-state index in [1.807, 2.05) is 0 Å². The quantitative estimate of drug-likeness (QED) is 0.690. The second-order valence-electron chi connectivity index (χ2n) is 4.36. The molecule has 0 amide bonds. The van der Waals surface area contributed by atoms with Crippen molar-refractivity contribution in [2.75, 3.05) is 33.2 Å².